The monoisotopic (exact) mass is 352 g/mol. The summed E-state index contributed by atoms with van der Waals surface area (Å²) in [5.41, 5.74) is 1.54. The zero-order valence-electron chi connectivity index (χ0n) is 15.4. The van der Waals surface area contributed by atoms with Crippen LogP contribution in [0.15, 0.2) is 10.4 Å². The van der Waals surface area contributed by atoms with Gasteiger partial charge in [-0.2, -0.15) is 0 Å². The Hall–Kier alpha value is -1.14. The van der Waals surface area contributed by atoms with Gasteiger partial charge in [0.1, 0.15) is 0 Å². The van der Waals surface area contributed by atoms with Gasteiger partial charge in [0.15, 0.2) is 5.96 Å². The number of hydrogen-bond acceptors (Lipinski definition) is 4. The fraction of sp³-hybridized carbons (Fsp3) is 0.778. The maximum Gasteiger partial charge on any atom is 0.191 e. The third-order valence-electron chi connectivity index (χ3n) is 4.74. The van der Waals surface area contributed by atoms with Crippen molar-refractivity contribution in [2.45, 2.75) is 52.4 Å². The van der Waals surface area contributed by atoms with Gasteiger partial charge < -0.3 is 15.4 Å². The summed E-state index contributed by atoms with van der Waals surface area (Å²) in [4.78, 5) is 9.45. The van der Waals surface area contributed by atoms with E-state index in [4.69, 9.17) is 9.73 Å². The SMILES string of the molecule is CCNC(=NCC1(CCOC)CCC1)NCCc1csc(CC)n1. The van der Waals surface area contributed by atoms with Crippen LogP contribution in [0.25, 0.3) is 0 Å². The lowest BCUT2D eigenvalue weighted by molar-refractivity contribution is 0.0778. The molecule has 1 aromatic heterocycles. The van der Waals surface area contributed by atoms with Crippen molar-refractivity contribution < 1.29 is 4.74 Å². The van der Waals surface area contributed by atoms with Crippen LogP contribution < -0.4 is 10.6 Å². The molecule has 1 heterocycles. The fourth-order valence-electron chi connectivity index (χ4n) is 3.01. The number of nitrogens with one attached hydrogen (secondary N) is 2. The van der Waals surface area contributed by atoms with Crippen molar-refractivity contribution in [3.63, 3.8) is 0 Å². The minimum Gasteiger partial charge on any atom is -0.385 e. The smallest absolute Gasteiger partial charge is 0.191 e. The van der Waals surface area contributed by atoms with E-state index in [1.807, 2.05) is 0 Å². The Balaban J connectivity index is 1.81. The number of hydrogen-bond donors (Lipinski definition) is 2. The topological polar surface area (TPSA) is 58.5 Å². The summed E-state index contributed by atoms with van der Waals surface area (Å²) >= 11 is 1.75. The second-order valence-corrected chi connectivity index (χ2v) is 7.50. The van der Waals surface area contributed by atoms with Crippen LogP contribution in [0.1, 0.15) is 50.2 Å². The Labute approximate surface area is 150 Å². The molecule has 0 aliphatic heterocycles. The third-order valence-corrected chi connectivity index (χ3v) is 5.78. The molecular weight excluding hydrogens is 320 g/mol. The van der Waals surface area contributed by atoms with Gasteiger partial charge in [0.2, 0.25) is 0 Å². The molecule has 6 heteroatoms. The average Bonchev–Trinajstić information content (AvgIpc) is 3.01. The zero-order chi connectivity index (χ0) is 17.3. The number of rotatable bonds is 10. The minimum absolute atomic E-state index is 0.364. The van der Waals surface area contributed by atoms with Crippen molar-refractivity contribution in [2.75, 3.05) is 33.4 Å². The van der Waals surface area contributed by atoms with Gasteiger partial charge in [-0.15, -0.1) is 11.3 Å². The van der Waals surface area contributed by atoms with Crippen LogP contribution in [-0.4, -0.2) is 44.3 Å². The van der Waals surface area contributed by atoms with Gasteiger partial charge in [0.05, 0.1) is 10.7 Å². The highest BCUT2D eigenvalue weighted by Crippen LogP contribution is 2.44. The van der Waals surface area contributed by atoms with E-state index in [0.29, 0.717) is 5.41 Å². The first-order chi connectivity index (χ1) is 11.7. The highest BCUT2D eigenvalue weighted by atomic mass is 32.1. The molecule has 136 valence electrons. The molecule has 1 aliphatic rings. The molecule has 1 aliphatic carbocycles. The van der Waals surface area contributed by atoms with E-state index in [9.17, 15) is 0 Å². The molecule has 0 unspecified atom stereocenters. The Bertz CT molecular complexity index is 511. The number of aliphatic imine (C=N–C) groups is 1. The predicted octanol–water partition coefficient (Wildman–Crippen LogP) is 3.01. The summed E-state index contributed by atoms with van der Waals surface area (Å²) < 4.78 is 5.27. The Morgan fingerprint density at radius 1 is 1.38 bits per heavy atom. The lowest BCUT2D eigenvalue weighted by Crippen LogP contribution is -2.41. The second-order valence-electron chi connectivity index (χ2n) is 6.55. The number of ether oxygens (including phenoxy) is 1. The first-order valence-electron chi connectivity index (χ1n) is 9.16. The van der Waals surface area contributed by atoms with Crippen LogP contribution in [0.2, 0.25) is 0 Å². The highest BCUT2D eigenvalue weighted by molar-refractivity contribution is 7.09. The van der Waals surface area contributed by atoms with Gasteiger partial charge in [-0.3, -0.25) is 4.99 Å². The fourth-order valence-corrected chi connectivity index (χ4v) is 3.79. The van der Waals surface area contributed by atoms with E-state index >= 15 is 0 Å². The van der Waals surface area contributed by atoms with Gasteiger partial charge >= 0.3 is 0 Å². The van der Waals surface area contributed by atoms with Crippen molar-refractivity contribution in [3.8, 4) is 0 Å². The molecule has 0 radical (unpaired) electrons. The number of nitrogens with zero attached hydrogens (tertiary/aromatic N) is 2. The molecule has 2 rings (SSSR count). The van der Waals surface area contributed by atoms with E-state index in [1.165, 1.54) is 30.0 Å². The summed E-state index contributed by atoms with van der Waals surface area (Å²) in [5, 5.41) is 10.2. The van der Waals surface area contributed by atoms with Crippen molar-refractivity contribution in [3.05, 3.63) is 16.1 Å². The maximum atomic E-state index is 5.27. The van der Waals surface area contributed by atoms with E-state index < -0.39 is 0 Å². The van der Waals surface area contributed by atoms with Crippen LogP contribution in [0.5, 0.6) is 0 Å². The van der Waals surface area contributed by atoms with Crippen LogP contribution >= 0.6 is 11.3 Å². The molecule has 0 aromatic carbocycles. The minimum atomic E-state index is 0.364. The molecule has 0 amide bonds. The summed E-state index contributed by atoms with van der Waals surface area (Å²) in [6, 6.07) is 0. The molecule has 2 N–H and O–H groups in total. The molecule has 0 saturated heterocycles. The van der Waals surface area contributed by atoms with Gasteiger partial charge in [-0.1, -0.05) is 13.3 Å². The lowest BCUT2D eigenvalue weighted by atomic mass is 9.67. The second kappa shape index (κ2) is 9.99. The summed E-state index contributed by atoms with van der Waals surface area (Å²) in [6.45, 7) is 7.73. The van der Waals surface area contributed by atoms with Gasteiger partial charge in [0.25, 0.3) is 0 Å². The Morgan fingerprint density at radius 3 is 2.79 bits per heavy atom. The Kier molecular flexibility index (Phi) is 7.99. The number of methoxy groups -OCH3 is 1. The van der Waals surface area contributed by atoms with Gasteiger partial charge in [0, 0.05) is 45.2 Å². The lowest BCUT2D eigenvalue weighted by Gasteiger charge is -2.40. The molecule has 1 aromatic rings. The van der Waals surface area contributed by atoms with Crippen LogP contribution in [0, 0.1) is 5.41 Å². The van der Waals surface area contributed by atoms with Crippen molar-refractivity contribution in [1.29, 1.82) is 0 Å². The van der Waals surface area contributed by atoms with Gasteiger partial charge in [-0.25, -0.2) is 4.98 Å². The van der Waals surface area contributed by atoms with Crippen LogP contribution in [0.3, 0.4) is 0 Å². The predicted molar refractivity (Wildman–Crippen MR) is 102 cm³/mol. The zero-order valence-corrected chi connectivity index (χ0v) is 16.2. The molecule has 0 spiro atoms. The van der Waals surface area contributed by atoms with Gasteiger partial charge in [-0.05, 0) is 38.0 Å². The molecule has 0 atom stereocenters. The van der Waals surface area contributed by atoms with Crippen LogP contribution in [-0.2, 0) is 17.6 Å². The number of guanidine groups is 1. The van der Waals surface area contributed by atoms with E-state index in [1.54, 1.807) is 18.4 Å². The molecule has 5 nitrogen and oxygen atoms in total. The van der Waals surface area contributed by atoms with Crippen molar-refractivity contribution in [2.24, 2.45) is 10.4 Å². The van der Waals surface area contributed by atoms with E-state index in [-0.39, 0.29) is 0 Å². The number of thiazole rings is 1. The number of aromatic nitrogens is 1. The highest BCUT2D eigenvalue weighted by Gasteiger charge is 2.36. The largest absolute Gasteiger partial charge is 0.385 e. The normalized spacial score (nSPS) is 16.7. The number of aryl methyl sites for hydroxylation is 1. The molecule has 1 fully saturated rings. The van der Waals surface area contributed by atoms with E-state index in [2.05, 4.69) is 34.8 Å². The first kappa shape index (κ1) is 19.2. The summed E-state index contributed by atoms with van der Waals surface area (Å²) in [6.07, 6.45) is 6.95. The average molecular weight is 353 g/mol. The third kappa shape index (κ3) is 5.74. The quantitative estimate of drug-likeness (QED) is 0.502. The summed E-state index contributed by atoms with van der Waals surface area (Å²) in [7, 11) is 1.78. The van der Waals surface area contributed by atoms with Crippen molar-refractivity contribution in [1.82, 2.24) is 15.6 Å². The van der Waals surface area contributed by atoms with E-state index in [0.717, 1.165) is 51.5 Å². The standard InChI is InChI=1S/C18H32N4OS/c1-4-16-22-15(13-24-16)7-11-20-17(19-5-2)21-14-18(8-6-9-18)10-12-23-3/h13H,4-12,14H2,1-3H3,(H2,19,20,21). The van der Waals surface area contributed by atoms with Crippen LogP contribution in [0.4, 0.5) is 0 Å². The first-order valence-corrected chi connectivity index (χ1v) is 10.0. The molecular formula is C18H32N4OS. The molecule has 24 heavy (non-hydrogen) atoms. The maximum absolute atomic E-state index is 5.27. The molecule has 0 bridgehead atoms. The van der Waals surface area contributed by atoms with Crippen molar-refractivity contribution >= 4 is 17.3 Å². The molecule has 1 saturated carbocycles. The summed E-state index contributed by atoms with van der Waals surface area (Å²) in [5.74, 6) is 0.923. The Morgan fingerprint density at radius 2 is 2.21 bits per heavy atom.